The molecule has 16 heavy (non-hydrogen) atoms. The summed E-state index contributed by atoms with van der Waals surface area (Å²) in [5.41, 5.74) is 4.48. The molecule has 3 rings (SSSR count). The summed E-state index contributed by atoms with van der Waals surface area (Å²) in [6.07, 6.45) is 1.000. The molecule has 3 nitrogen and oxygen atoms in total. The van der Waals surface area contributed by atoms with Gasteiger partial charge in [-0.3, -0.25) is 4.79 Å². The molecule has 0 spiro atoms. The molecule has 1 aliphatic heterocycles. The molecule has 0 fully saturated rings. The fourth-order valence-corrected chi connectivity index (χ4v) is 2.52. The van der Waals surface area contributed by atoms with Crippen LogP contribution in [0.4, 0.5) is 0 Å². The van der Waals surface area contributed by atoms with Gasteiger partial charge in [0.15, 0.2) is 5.78 Å². The zero-order valence-corrected chi connectivity index (χ0v) is 9.26. The number of hydrogen-bond donors (Lipinski definition) is 2. The van der Waals surface area contributed by atoms with Gasteiger partial charge in [0, 0.05) is 28.7 Å². The molecule has 0 aliphatic carbocycles. The maximum atomic E-state index is 11.6. The van der Waals surface area contributed by atoms with Crippen LogP contribution in [0.2, 0.25) is 0 Å². The van der Waals surface area contributed by atoms with Crippen LogP contribution in [-0.2, 0) is 13.0 Å². The van der Waals surface area contributed by atoms with Gasteiger partial charge in [-0.15, -0.1) is 0 Å². The van der Waals surface area contributed by atoms with Crippen LogP contribution < -0.4 is 5.32 Å². The lowest BCUT2D eigenvalue weighted by atomic mass is 9.99. The fraction of sp³-hybridized carbons (Fsp3) is 0.308. The third-order valence-electron chi connectivity index (χ3n) is 3.25. The van der Waals surface area contributed by atoms with Crippen LogP contribution >= 0.6 is 0 Å². The van der Waals surface area contributed by atoms with Gasteiger partial charge in [0.2, 0.25) is 0 Å². The topological polar surface area (TPSA) is 44.9 Å². The number of H-pyrrole nitrogens is 1. The molecule has 82 valence electrons. The van der Waals surface area contributed by atoms with Crippen molar-refractivity contribution in [2.45, 2.75) is 19.9 Å². The van der Waals surface area contributed by atoms with Crippen LogP contribution in [-0.4, -0.2) is 17.3 Å². The smallest absolute Gasteiger partial charge is 0.160 e. The third kappa shape index (κ3) is 1.28. The van der Waals surface area contributed by atoms with Crippen LogP contribution in [0.1, 0.15) is 28.5 Å². The van der Waals surface area contributed by atoms with E-state index in [0.717, 1.165) is 36.0 Å². The Balaban J connectivity index is 2.36. The Hall–Kier alpha value is -1.61. The molecule has 0 unspecified atom stereocenters. The SMILES string of the molecule is CC(=O)c1cccc2[nH]c3c(c12)CCNC3. The molecule has 1 aromatic carbocycles. The van der Waals surface area contributed by atoms with Crippen molar-refractivity contribution < 1.29 is 4.79 Å². The highest BCUT2D eigenvalue weighted by Gasteiger charge is 2.18. The fourth-order valence-electron chi connectivity index (χ4n) is 2.52. The summed E-state index contributed by atoms with van der Waals surface area (Å²) >= 11 is 0. The van der Waals surface area contributed by atoms with E-state index >= 15 is 0 Å². The Bertz CT molecular complexity index is 569. The molecule has 1 aromatic heterocycles. The molecule has 2 N–H and O–H groups in total. The molecule has 1 aliphatic rings. The van der Waals surface area contributed by atoms with Gasteiger partial charge in [-0.25, -0.2) is 0 Å². The Labute approximate surface area is 93.9 Å². The molecule has 0 atom stereocenters. The zero-order chi connectivity index (χ0) is 11.1. The van der Waals surface area contributed by atoms with E-state index in [-0.39, 0.29) is 5.78 Å². The van der Waals surface area contributed by atoms with Crippen molar-refractivity contribution >= 4 is 16.7 Å². The number of hydrogen-bond acceptors (Lipinski definition) is 2. The lowest BCUT2D eigenvalue weighted by molar-refractivity contribution is 0.101. The van der Waals surface area contributed by atoms with Gasteiger partial charge in [-0.05, 0) is 31.5 Å². The number of carbonyl (C=O) groups is 1. The van der Waals surface area contributed by atoms with Crippen LogP contribution in [0.3, 0.4) is 0 Å². The number of rotatable bonds is 1. The molecule has 2 heterocycles. The molecular formula is C13H14N2O. The standard InChI is InChI=1S/C13H14N2O/c1-8(16)9-3-2-4-11-13(9)10-5-6-14-7-12(10)15-11/h2-4,14-15H,5-7H2,1H3. The molecule has 0 bridgehead atoms. The Kier molecular flexibility index (Phi) is 2.07. The summed E-state index contributed by atoms with van der Waals surface area (Å²) in [7, 11) is 0. The second-order valence-electron chi connectivity index (χ2n) is 4.29. The molecule has 0 amide bonds. The molecular weight excluding hydrogens is 200 g/mol. The van der Waals surface area contributed by atoms with E-state index < -0.39 is 0 Å². The highest BCUT2D eigenvalue weighted by atomic mass is 16.1. The maximum Gasteiger partial charge on any atom is 0.160 e. The summed E-state index contributed by atoms with van der Waals surface area (Å²) in [5.74, 6) is 0.144. The maximum absolute atomic E-state index is 11.6. The van der Waals surface area contributed by atoms with Crippen molar-refractivity contribution in [3.05, 3.63) is 35.0 Å². The van der Waals surface area contributed by atoms with Crippen molar-refractivity contribution in [2.24, 2.45) is 0 Å². The lowest BCUT2D eigenvalue weighted by Gasteiger charge is -2.13. The minimum atomic E-state index is 0.144. The first kappa shape index (κ1) is 9.60. The van der Waals surface area contributed by atoms with Gasteiger partial charge in [0.25, 0.3) is 0 Å². The molecule has 0 radical (unpaired) electrons. The first-order chi connectivity index (χ1) is 7.77. The average Bonchev–Trinajstić information content (AvgIpc) is 2.66. The second-order valence-corrected chi connectivity index (χ2v) is 4.29. The third-order valence-corrected chi connectivity index (χ3v) is 3.25. The molecule has 3 heteroatoms. The van der Waals surface area contributed by atoms with E-state index in [1.54, 1.807) is 6.92 Å². The van der Waals surface area contributed by atoms with Crippen LogP contribution in [0, 0.1) is 0 Å². The van der Waals surface area contributed by atoms with Crippen molar-refractivity contribution in [1.82, 2.24) is 10.3 Å². The monoisotopic (exact) mass is 214 g/mol. The number of benzene rings is 1. The number of aromatic nitrogens is 1. The number of Topliss-reactive ketones (excluding diaryl/α,β-unsaturated/α-hetero) is 1. The summed E-state index contributed by atoms with van der Waals surface area (Å²) < 4.78 is 0. The normalized spacial score (nSPS) is 15.1. The van der Waals surface area contributed by atoms with Gasteiger partial charge in [-0.1, -0.05) is 12.1 Å². The molecule has 0 saturated carbocycles. The van der Waals surface area contributed by atoms with Gasteiger partial charge < -0.3 is 10.3 Å². The minimum Gasteiger partial charge on any atom is -0.357 e. The first-order valence-electron chi connectivity index (χ1n) is 5.61. The zero-order valence-electron chi connectivity index (χ0n) is 9.26. The predicted octanol–water partition coefficient (Wildman–Crippen LogP) is 2.02. The summed E-state index contributed by atoms with van der Waals surface area (Å²) in [6.45, 7) is 3.50. The number of carbonyl (C=O) groups excluding carboxylic acids is 1. The summed E-state index contributed by atoms with van der Waals surface area (Å²) in [6, 6.07) is 5.90. The van der Waals surface area contributed by atoms with Crippen LogP contribution in [0.25, 0.3) is 10.9 Å². The van der Waals surface area contributed by atoms with E-state index in [1.165, 1.54) is 11.3 Å². The van der Waals surface area contributed by atoms with Crippen LogP contribution in [0.15, 0.2) is 18.2 Å². The van der Waals surface area contributed by atoms with E-state index in [2.05, 4.69) is 10.3 Å². The van der Waals surface area contributed by atoms with Crippen molar-refractivity contribution in [3.63, 3.8) is 0 Å². The van der Waals surface area contributed by atoms with Gasteiger partial charge in [0.05, 0.1) is 0 Å². The van der Waals surface area contributed by atoms with Crippen molar-refractivity contribution in [2.75, 3.05) is 6.54 Å². The first-order valence-corrected chi connectivity index (χ1v) is 5.61. The quantitative estimate of drug-likeness (QED) is 0.713. The summed E-state index contributed by atoms with van der Waals surface area (Å²) in [5, 5.41) is 4.47. The number of aromatic amines is 1. The van der Waals surface area contributed by atoms with Gasteiger partial charge in [-0.2, -0.15) is 0 Å². The van der Waals surface area contributed by atoms with E-state index in [9.17, 15) is 4.79 Å². The van der Waals surface area contributed by atoms with Crippen LogP contribution in [0.5, 0.6) is 0 Å². The van der Waals surface area contributed by atoms with Gasteiger partial charge >= 0.3 is 0 Å². The number of fused-ring (bicyclic) bond motifs is 3. The molecule has 0 saturated heterocycles. The van der Waals surface area contributed by atoms with Gasteiger partial charge in [0.1, 0.15) is 0 Å². The second kappa shape index (κ2) is 3.46. The van der Waals surface area contributed by atoms with E-state index in [0.29, 0.717) is 0 Å². The van der Waals surface area contributed by atoms with E-state index in [4.69, 9.17) is 0 Å². The lowest BCUT2D eigenvalue weighted by Crippen LogP contribution is -2.23. The average molecular weight is 214 g/mol. The Morgan fingerprint density at radius 2 is 2.25 bits per heavy atom. The van der Waals surface area contributed by atoms with Crippen molar-refractivity contribution in [1.29, 1.82) is 0 Å². The number of nitrogens with one attached hydrogen (secondary N) is 2. The largest absolute Gasteiger partial charge is 0.357 e. The minimum absolute atomic E-state index is 0.144. The Morgan fingerprint density at radius 1 is 1.38 bits per heavy atom. The summed E-state index contributed by atoms with van der Waals surface area (Å²) in [4.78, 5) is 15.0. The molecule has 2 aromatic rings. The highest BCUT2D eigenvalue weighted by molar-refractivity contribution is 6.08. The van der Waals surface area contributed by atoms with E-state index in [1.807, 2.05) is 18.2 Å². The number of ketones is 1. The van der Waals surface area contributed by atoms with Crippen molar-refractivity contribution in [3.8, 4) is 0 Å². The Morgan fingerprint density at radius 3 is 3.06 bits per heavy atom. The highest BCUT2D eigenvalue weighted by Crippen LogP contribution is 2.28. The predicted molar refractivity (Wildman–Crippen MR) is 63.7 cm³/mol.